The molecule has 1 aliphatic heterocycles. The van der Waals surface area contributed by atoms with Gasteiger partial charge >= 0.3 is 0 Å². The summed E-state index contributed by atoms with van der Waals surface area (Å²) < 4.78 is 0. The van der Waals surface area contributed by atoms with E-state index in [4.69, 9.17) is 0 Å². The van der Waals surface area contributed by atoms with Gasteiger partial charge in [-0.15, -0.1) is 0 Å². The molecular formula is C13H10N2O. The molecule has 0 fully saturated rings. The Labute approximate surface area is 92.8 Å². The van der Waals surface area contributed by atoms with Crippen molar-refractivity contribution in [2.24, 2.45) is 0 Å². The Morgan fingerprint density at radius 1 is 1.25 bits per heavy atom. The van der Waals surface area contributed by atoms with Crippen LogP contribution >= 0.6 is 0 Å². The lowest BCUT2D eigenvalue weighted by atomic mass is 10.1. The van der Waals surface area contributed by atoms with E-state index in [-0.39, 0.29) is 5.91 Å². The highest BCUT2D eigenvalue weighted by atomic mass is 16.1. The van der Waals surface area contributed by atoms with Crippen molar-refractivity contribution in [2.75, 3.05) is 5.32 Å². The van der Waals surface area contributed by atoms with Gasteiger partial charge in [0.05, 0.1) is 11.2 Å². The van der Waals surface area contributed by atoms with Crippen molar-refractivity contribution in [3.63, 3.8) is 0 Å². The van der Waals surface area contributed by atoms with Gasteiger partial charge in [-0.25, -0.2) is 0 Å². The van der Waals surface area contributed by atoms with Crippen LogP contribution in [0.5, 0.6) is 0 Å². The normalized spacial score (nSPS) is 14.4. The molecule has 3 nitrogen and oxygen atoms in total. The first-order valence-corrected chi connectivity index (χ1v) is 5.19. The van der Waals surface area contributed by atoms with E-state index in [1.54, 1.807) is 6.20 Å². The first-order valence-electron chi connectivity index (χ1n) is 5.19. The maximum Gasteiger partial charge on any atom is 0.228 e. The van der Waals surface area contributed by atoms with E-state index < -0.39 is 0 Å². The van der Waals surface area contributed by atoms with E-state index in [0.717, 1.165) is 22.2 Å². The van der Waals surface area contributed by atoms with Crippen molar-refractivity contribution < 1.29 is 4.79 Å². The zero-order valence-electron chi connectivity index (χ0n) is 8.60. The predicted octanol–water partition coefficient (Wildman–Crippen LogP) is 2.59. The number of benzene rings is 1. The van der Waals surface area contributed by atoms with Crippen LogP contribution in [0.25, 0.3) is 17.0 Å². The van der Waals surface area contributed by atoms with Crippen LogP contribution in [0, 0.1) is 0 Å². The number of amides is 1. The number of nitrogens with one attached hydrogen (secondary N) is 1. The van der Waals surface area contributed by atoms with Crippen LogP contribution in [0.15, 0.2) is 36.5 Å². The summed E-state index contributed by atoms with van der Waals surface area (Å²) in [5, 5.41) is 3.91. The predicted molar refractivity (Wildman–Crippen MR) is 64.0 cm³/mol. The van der Waals surface area contributed by atoms with Crippen LogP contribution in [0.1, 0.15) is 12.0 Å². The average molecular weight is 210 g/mol. The highest BCUT2D eigenvalue weighted by Crippen LogP contribution is 2.28. The molecule has 1 amide bonds. The number of anilines is 1. The average Bonchev–Trinajstić information content (AvgIpc) is 2.50. The molecule has 3 heteroatoms. The number of aromatic nitrogens is 1. The quantitative estimate of drug-likeness (QED) is 0.726. The molecule has 1 aromatic carbocycles. The number of nitrogens with zero attached hydrogens (tertiary/aromatic N) is 1. The summed E-state index contributed by atoms with van der Waals surface area (Å²) in [7, 11) is 0. The summed E-state index contributed by atoms with van der Waals surface area (Å²) >= 11 is 0. The molecule has 0 saturated carbocycles. The zero-order valence-corrected chi connectivity index (χ0v) is 8.60. The highest BCUT2D eigenvalue weighted by molar-refractivity contribution is 6.05. The smallest absolute Gasteiger partial charge is 0.228 e. The lowest BCUT2D eigenvalue weighted by Gasteiger charge is -2.09. The number of carbonyl (C=O) groups excluding carboxylic acids is 1. The fraction of sp³-hybridized carbons (Fsp3) is 0.0769. The molecule has 78 valence electrons. The van der Waals surface area contributed by atoms with Gasteiger partial charge in [-0.1, -0.05) is 18.2 Å². The summed E-state index contributed by atoms with van der Waals surface area (Å²) in [4.78, 5) is 15.8. The van der Waals surface area contributed by atoms with Crippen molar-refractivity contribution in [1.82, 2.24) is 4.98 Å². The number of hydrogen-bond acceptors (Lipinski definition) is 2. The minimum absolute atomic E-state index is 0.0198. The third kappa shape index (κ3) is 1.37. The minimum atomic E-state index is 0.0198. The largest absolute Gasteiger partial charge is 0.325 e. The summed E-state index contributed by atoms with van der Waals surface area (Å²) in [5.41, 5.74) is 2.80. The third-order valence-corrected chi connectivity index (χ3v) is 2.68. The second-order valence-corrected chi connectivity index (χ2v) is 3.75. The van der Waals surface area contributed by atoms with Gasteiger partial charge < -0.3 is 5.32 Å². The van der Waals surface area contributed by atoms with Crippen molar-refractivity contribution in [2.45, 2.75) is 6.42 Å². The van der Waals surface area contributed by atoms with E-state index in [0.29, 0.717) is 6.42 Å². The number of hydrogen-bond donors (Lipinski definition) is 1. The molecule has 1 N–H and O–H groups in total. The standard InChI is InChI=1S/C13H10N2O/c16-12-5-1-3-9-6-7-11-10(13(9)15-12)4-2-8-14-11/h1-4,6-8H,5H2,(H,15,16). The van der Waals surface area contributed by atoms with Crippen LogP contribution in [-0.4, -0.2) is 10.9 Å². The van der Waals surface area contributed by atoms with Crippen molar-refractivity contribution in [3.8, 4) is 0 Å². The molecule has 2 heterocycles. The minimum Gasteiger partial charge on any atom is -0.325 e. The van der Waals surface area contributed by atoms with E-state index in [1.165, 1.54) is 0 Å². The molecule has 0 unspecified atom stereocenters. The molecule has 0 atom stereocenters. The fourth-order valence-corrected chi connectivity index (χ4v) is 1.93. The van der Waals surface area contributed by atoms with Gasteiger partial charge in [-0.05, 0) is 23.8 Å². The third-order valence-electron chi connectivity index (χ3n) is 2.68. The SMILES string of the molecule is O=C1CC=Cc2ccc3ncccc3c2N1. The monoisotopic (exact) mass is 210 g/mol. The first-order chi connectivity index (χ1) is 7.84. The van der Waals surface area contributed by atoms with Gasteiger partial charge in [0.15, 0.2) is 0 Å². The molecule has 1 aliphatic rings. The highest BCUT2D eigenvalue weighted by Gasteiger charge is 2.11. The van der Waals surface area contributed by atoms with Crippen LogP contribution in [-0.2, 0) is 4.79 Å². The summed E-state index contributed by atoms with van der Waals surface area (Å²) in [6.07, 6.45) is 6.03. The molecule has 1 aromatic heterocycles. The Morgan fingerprint density at radius 3 is 3.12 bits per heavy atom. The van der Waals surface area contributed by atoms with E-state index >= 15 is 0 Å². The molecule has 0 bridgehead atoms. The number of pyridine rings is 1. The fourth-order valence-electron chi connectivity index (χ4n) is 1.93. The summed E-state index contributed by atoms with van der Waals surface area (Å²) in [6.45, 7) is 0. The van der Waals surface area contributed by atoms with Gasteiger partial charge in [0, 0.05) is 18.0 Å². The van der Waals surface area contributed by atoms with Gasteiger partial charge in [-0.2, -0.15) is 0 Å². The summed E-state index contributed by atoms with van der Waals surface area (Å²) in [6, 6.07) is 7.80. The molecule has 0 saturated heterocycles. The maximum atomic E-state index is 11.5. The Bertz CT molecular complexity index is 602. The van der Waals surface area contributed by atoms with Crippen molar-refractivity contribution in [1.29, 1.82) is 0 Å². The zero-order chi connectivity index (χ0) is 11.0. The Balaban J connectivity index is 2.33. The molecule has 0 radical (unpaired) electrons. The van der Waals surface area contributed by atoms with E-state index in [2.05, 4.69) is 10.3 Å². The summed E-state index contributed by atoms with van der Waals surface area (Å²) in [5.74, 6) is 0.0198. The van der Waals surface area contributed by atoms with Gasteiger partial charge in [0.1, 0.15) is 0 Å². The second-order valence-electron chi connectivity index (χ2n) is 3.75. The lowest BCUT2D eigenvalue weighted by molar-refractivity contribution is -0.115. The van der Waals surface area contributed by atoms with E-state index in [1.807, 2.05) is 36.4 Å². The molecule has 0 aliphatic carbocycles. The van der Waals surface area contributed by atoms with Crippen molar-refractivity contribution in [3.05, 3.63) is 42.1 Å². The lowest BCUT2D eigenvalue weighted by Crippen LogP contribution is -2.09. The van der Waals surface area contributed by atoms with Crippen LogP contribution in [0.2, 0.25) is 0 Å². The topological polar surface area (TPSA) is 42.0 Å². The molecule has 2 aromatic rings. The first kappa shape index (κ1) is 9.09. The molecule has 0 spiro atoms. The van der Waals surface area contributed by atoms with Crippen LogP contribution < -0.4 is 5.32 Å². The van der Waals surface area contributed by atoms with Gasteiger partial charge in [-0.3, -0.25) is 9.78 Å². The molecule has 16 heavy (non-hydrogen) atoms. The number of carbonyl (C=O) groups is 1. The Kier molecular flexibility index (Phi) is 1.96. The Hall–Kier alpha value is -2.16. The number of rotatable bonds is 0. The maximum absolute atomic E-state index is 11.5. The van der Waals surface area contributed by atoms with Crippen LogP contribution in [0.3, 0.4) is 0 Å². The van der Waals surface area contributed by atoms with Crippen LogP contribution in [0.4, 0.5) is 5.69 Å². The van der Waals surface area contributed by atoms with E-state index in [9.17, 15) is 4.79 Å². The number of fused-ring (bicyclic) bond motifs is 3. The Morgan fingerprint density at radius 2 is 2.19 bits per heavy atom. The molecule has 3 rings (SSSR count). The second kappa shape index (κ2) is 3.45. The van der Waals surface area contributed by atoms with Crippen molar-refractivity contribution >= 4 is 28.6 Å². The molecular weight excluding hydrogens is 200 g/mol. The van der Waals surface area contributed by atoms with Gasteiger partial charge in [0.25, 0.3) is 0 Å². The van der Waals surface area contributed by atoms with Gasteiger partial charge in [0.2, 0.25) is 5.91 Å².